The molecule has 0 aliphatic heterocycles. The van der Waals surface area contributed by atoms with Gasteiger partial charge in [0.05, 0.1) is 12.2 Å². The van der Waals surface area contributed by atoms with Gasteiger partial charge in [0.15, 0.2) is 5.82 Å². The van der Waals surface area contributed by atoms with Crippen LogP contribution in [-0.4, -0.2) is 35.1 Å². The van der Waals surface area contributed by atoms with Gasteiger partial charge in [0.2, 0.25) is 15.9 Å². The third-order valence-corrected chi connectivity index (χ3v) is 5.77. The summed E-state index contributed by atoms with van der Waals surface area (Å²) in [4.78, 5) is 16.4. The van der Waals surface area contributed by atoms with Gasteiger partial charge in [-0.15, -0.1) is 0 Å². The van der Waals surface area contributed by atoms with E-state index in [1.807, 2.05) is 18.2 Å². The van der Waals surface area contributed by atoms with Gasteiger partial charge in [0.1, 0.15) is 16.8 Å². The van der Waals surface area contributed by atoms with Crippen LogP contribution in [0.3, 0.4) is 0 Å². The number of hydrogen-bond donors (Lipinski definition) is 2. The smallest absolute Gasteiger partial charge is 0.244 e. The van der Waals surface area contributed by atoms with Gasteiger partial charge in [0, 0.05) is 18.5 Å². The molecule has 1 aromatic carbocycles. The van der Waals surface area contributed by atoms with Crippen molar-refractivity contribution in [2.45, 2.75) is 31.3 Å². The third kappa shape index (κ3) is 5.28. The average molecular weight is 431 g/mol. The Bertz CT molecular complexity index is 1120. The molecule has 2 aromatic heterocycles. The highest BCUT2D eigenvalue weighted by atomic mass is 32.2. The van der Waals surface area contributed by atoms with Gasteiger partial charge in [-0.25, -0.2) is 12.8 Å². The molecule has 0 spiro atoms. The van der Waals surface area contributed by atoms with Crippen LogP contribution in [0.15, 0.2) is 65.8 Å². The van der Waals surface area contributed by atoms with E-state index < -0.39 is 32.7 Å². The summed E-state index contributed by atoms with van der Waals surface area (Å²) >= 11 is 0. The molecule has 2 N–H and O–H groups in total. The number of benzene rings is 1. The molecule has 1 amide bonds. The highest BCUT2D eigenvalue weighted by Gasteiger charge is 2.30. The first-order chi connectivity index (χ1) is 14.3. The fourth-order valence-electron chi connectivity index (χ4n) is 2.76. The SMILES string of the molecule is CC(C)[C@H](NS(=O)(=O)c1ccccc1F)C(=O)Nc1ccn(Cc2ccccn2)n1. The number of amides is 1. The van der Waals surface area contributed by atoms with E-state index in [-0.39, 0.29) is 11.7 Å². The van der Waals surface area contributed by atoms with Crippen molar-refractivity contribution in [3.63, 3.8) is 0 Å². The molecule has 2 heterocycles. The maximum atomic E-state index is 13.9. The molecule has 0 radical (unpaired) electrons. The van der Waals surface area contributed by atoms with Crippen LogP contribution in [-0.2, 0) is 21.4 Å². The van der Waals surface area contributed by atoms with E-state index in [9.17, 15) is 17.6 Å². The van der Waals surface area contributed by atoms with Crippen molar-refractivity contribution in [3.05, 3.63) is 72.4 Å². The zero-order chi connectivity index (χ0) is 21.7. The molecule has 0 unspecified atom stereocenters. The molecule has 3 rings (SSSR count). The Morgan fingerprint density at radius 1 is 1.13 bits per heavy atom. The highest BCUT2D eigenvalue weighted by Crippen LogP contribution is 2.16. The number of rotatable bonds is 8. The minimum atomic E-state index is -4.23. The standard InChI is InChI=1S/C20H22FN5O3S/c1-14(2)19(25-30(28,29)17-9-4-3-8-16(17)21)20(27)23-18-10-12-26(24-18)13-15-7-5-6-11-22-15/h3-12,14,19,25H,13H2,1-2H3,(H,23,24,27)/t19-/m0/s1. The summed E-state index contributed by atoms with van der Waals surface area (Å²) in [6.07, 6.45) is 3.36. The van der Waals surface area contributed by atoms with Crippen LogP contribution in [0.25, 0.3) is 0 Å². The number of nitrogens with one attached hydrogen (secondary N) is 2. The van der Waals surface area contributed by atoms with Gasteiger partial charge in [-0.2, -0.15) is 9.82 Å². The molecular formula is C20H22FN5O3S. The van der Waals surface area contributed by atoms with Crippen LogP contribution < -0.4 is 10.0 Å². The molecule has 8 nitrogen and oxygen atoms in total. The first-order valence-corrected chi connectivity index (χ1v) is 10.8. The Morgan fingerprint density at radius 3 is 2.53 bits per heavy atom. The van der Waals surface area contributed by atoms with Crippen molar-refractivity contribution in [3.8, 4) is 0 Å². The highest BCUT2D eigenvalue weighted by molar-refractivity contribution is 7.89. The molecule has 0 fully saturated rings. The summed E-state index contributed by atoms with van der Waals surface area (Å²) in [6.45, 7) is 3.80. The summed E-state index contributed by atoms with van der Waals surface area (Å²) in [5.74, 6) is -1.59. The molecular weight excluding hydrogens is 409 g/mol. The van der Waals surface area contributed by atoms with Crippen LogP contribution in [0.1, 0.15) is 19.5 Å². The molecule has 3 aromatic rings. The first-order valence-electron chi connectivity index (χ1n) is 9.27. The van der Waals surface area contributed by atoms with E-state index in [0.717, 1.165) is 17.8 Å². The summed E-state index contributed by atoms with van der Waals surface area (Å²) in [5.41, 5.74) is 0.802. The number of pyridine rings is 1. The van der Waals surface area contributed by atoms with E-state index in [4.69, 9.17) is 0 Å². The monoisotopic (exact) mass is 431 g/mol. The topological polar surface area (TPSA) is 106 Å². The lowest BCUT2D eigenvalue weighted by Crippen LogP contribution is -2.47. The predicted octanol–water partition coefficient (Wildman–Crippen LogP) is 2.41. The fraction of sp³-hybridized carbons (Fsp3) is 0.250. The van der Waals surface area contributed by atoms with Gasteiger partial charge < -0.3 is 5.32 Å². The van der Waals surface area contributed by atoms with Crippen molar-refractivity contribution in [2.75, 3.05) is 5.32 Å². The molecule has 0 aliphatic carbocycles. The van der Waals surface area contributed by atoms with Crippen LogP contribution >= 0.6 is 0 Å². The quantitative estimate of drug-likeness (QED) is 0.570. The zero-order valence-electron chi connectivity index (χ0n) is 16.5. The average Bonchev–Trinajstić information content (AvgIpc) is 3.13. The molecule has 158 valence electrons. The van der Waals surface area contributed by atoms with E-state index in [1.54, 1.807) is 37.0 Å². The number of nitrogens with zero attached hydrogens (tertiary/aromatic N) is 3. The van der Waals surface area contributed by atoms with Crippen LogP contribution in [0, 0.1) is 11.7 Å². The van der Waals surface area contributed by atoms with Crippen molar-refractivity contribution >= 4 is 21.7 Å². The summed E-state index contributed by atoms with van der Waals surface area (Å²) in [7, 11) is -4.23. The number of hydrogen-bond acceptors (Lipinski definition) is 5. The fourth-order valence-corrected chi connectivity index (χ4v) is 4.19. The Labute approximate surface area is 174 Å². The van der Waals surface area contributed by atoms with E-state index in [2.05, 4.69) is 20.1 Å². The van der Waals surface area contributed by atoms with Gasteiger partial charge >= 0.3 is 0 Å². The second kappa shape index (κ2) is 9.14. The Kier molecular flexibility index (Phi) is 6.58. The van der Waals surface area contributed by atoms with Gasteiger partial charge in [-0.1, -0.05) is 32.0 Å². The van der Waals surface area contributed by atoms with Crippen molar-refractivity contribution < 1.29 is 17.6 Å². The van der Waals surface area contributed by atoms with Crippen molar-refractivity contribution in [1.29, 1.82) is 0 Å². The largest absolute Gasteiger partial charge is 0.308 e. The van der Waals surface area contributed by atoms with Gasteiger partial charge in [-0.05, 0) is 30.2 Å². The second-order valence-electron chi connectivity index (χ2n) is 6.98. The van der Waals surface area contributed by atoms with Crippen LogP contribution in [0.2, 0.25) is 0 Å². The number of carbonyl (C=O) groups is 1. The summed E-state index contributed by atoms with van der Waals surface area (Å²) in [5, 5.41) is 6.87. The zero-order valence-corrected chi connectivity index (χ0v) is 17.3. The third-order valence-electron chi connectivity index (χ3n) is 4.30. The normalized spacial score (nSPS) is 12.7. The van der Waals surface area contributed by atoms with Crippen LogP contribution in [0.4, 0.5) is 10.2 Å². The molecule has 0 saturated carbocycles. The number of carbonyl (C=O) groups excluding carboxylic acids is 1. The minimum absolute atomic E-state index is 0.270. The Balaban J connectivity index is 1.71. The second-order valence-corrected chi connectivity index (χ2v) is 8.66. The van der Waals surface area contributed by atoms with E-state index in [1.165, 1.54) is 12.1 Å². The number of halogens is 1. The maximum Gasteiger partial charge on any atom is 0.244 e. The van der Waals surface area contributed by atoms with Gasteiger partial charge in [0.25, 0.3) is 0 Å². The molecule has 1 atom stereocenters. The Hall–Kier alpha value is -3.11. The molecule has 0 bridgehead atoms. The maximum absolute atomic E-state index is 13.9. The number of aromatic nitrogens is 3. The first kappa shape index (κ1) is 21.6. The van der Waals surface area contributed by atoms with Gasteiger partial charge in [-0.3, -0.25) is 14.5 Å². The molecule has 10 heteroatoms. The minimum Gasteiger partial charge on any atom is -0.308 e. The summed E-state index contributed by atoms with van der Waals surface area (Å²) in [6, 6.07) is 11.0. The number of anilines is 1. The molecule has 30 heavy (non-hydrogen) atoms. The summed E-state index contributed by atoms with van der Waals surface area (Å²) < 4.78 is 43.0. The van der Waals surface area contributed by atoms with Crippen LogP contribution in [0.5, 0.6) is 0 Å². The lowest BCUT2D eigenvalue weighted by Gasteiger charge is -2.21. The van der Waals surface area contributed by atoms with Crippen molar-refractivity contribution in [2.24, 2.45) is 5.92 Å². The Morgan fingerprint density at radius 2 is 1.87 bits per heavy atom. The predicted molar refractivity (Wildman–Crippen MR) is 110 cm³/mol. The van der Waals surface area contributed by atoms with E-state index >= 15 is 0 Å². The molecule has 0 aliphatic rings. The lowest BCUT2D eigenvalue weighted by molar-refractivity contribution is -0.118. The van der Waals surface area contributed by atoms with E-state index in [0.29, 0.717) is 6.54 Å². The van der Waals surface area contributed by atoms with Crippen molar-refractivity contribution in [1.82, 2.24) is 19.5 Å². The lowest BCUT2D eigenvalue weighted by atomic mass is 10.1. The number of sulfonamides is 1. The molecule has 0 saturated heterocycles.